The molecule has 0 amide bonds. The average Bonchev–Trinajstić information content (AvgIpc) is 2.91. The SMILES string of the molecule is OCCn1cc(NCc2cccc(OCC(F)(F)F)c2)cn1. The lowest BCUT2D eigenvalue weighted by atomic mass is 10.2. The van der Waals surface area contributed by atoms with Gasteiger partial charge in [0.25, 0.3) is 0 Å². The molecule has 120 valence electrons. The number of halogens is 3. The predicted octanol–water partition coefficient (Wildman–Crippen LogP) is 2.43. The van der Waals surface area contributed by atoms with Gasteiger partial charge in [0, 0.05) is 12.7 Å². The van der Waals surface area contributed by atoms with Gasteiger partial charge >= 0.3 is 6.18 Å². The molecule has 8 heteroatoms. The molecule has 0 bridgehead atoms. The van der Waals surface area contributed by atoms with Crippen molar-refractivity contribution in [3.63, 3.8) is 0 Å². The maximum absolute atomic E-state index is 12.1. The minimum absolute atomic E-state index is 0.000288. The fourth-order valence-corrected chi connectivity index (χ4v) is 1.79. The van der Waals surface area contributed by atoms with Gasteiger partial charge in [0.05, 0.1) is 25.0 Å². The molecule has 0 atom stereocenters. The van der Waals surface area contributed by atoms with Crippen LogP contribution < -0.4 is 10.1 Å². The zero-order chi connectivity index (χ0) is 16.0. The summed E-state index contributed by atoms with van der Waals surface area (Å²) in [6, 6.07) is 6.45. The van der Waals surface area contributed by atoms with Crippen LogP contribution in [0.5, 0.6) is 5.75 Å². The zero-order valence-corrected chi connectivity index (χ0v) is 11.7. The smallest absolute Gasteiger partial charge is 0.422 e. The molecule has 2 aromatic rings. The zero-order valence-electron chi connectivity index (χ0n) is 11.7. The van der Waals surface area contributed by atoms with Gasteiger partial charge in [-0.2, -0.15) is 18.3 Å². The van der Waals surface area contributed by atoms with Crippen molar-refractivity contribution in [3.8, 4) is 5.75 Å². The molecule has 1 aromatic carbocycles. The molecule has 0 radical (unpaired) electrons. The van der Waals surface area contributed by atoms with Gasteiger partial charge in [-0.05, 0) is 17.7 Å². The second kappa shape index (κ2) is 7.17. The fourth-order valence-electron chi connectivity index (χ4n) is 1.79. The first-order valence-electron chi connectivity index (χ1n) is 6.62. The highest BCUT2D eigenvalue weighted by Gasteiger charge is 2.28. The van der Waals surface area contributed by atoms with E-state index in [0.29, 0.717) is 13.1 Å². The Morgan fingerprint density at radius 3 is 2.86 bits per heavy atom. The van der Waals surface area contributed by atoms with Crippen molar-refractivity contribution in [2.45, 2.75) is 19.3 Å². The summed E-state index contributed by atoms with van der Waals surface area (Å²) in [5.41, 5.74) is 1.55. The molecule has 1 heterocycles. The second-order valence-electron chi connectivity index (χ2n) is 4.62. The third kappa shape index (κ3) is 5.28. The topological polar surface area (TPSA) is 59.3 Å². The lowest BCUT2D eigenvalue weighted by Crippen LogP contribution is -2.19. The normalized spacial score (nSPS) is 11.5. The number of ether oxygens (including phenoxy) is 1. The van der Waals surface area contributed by atoms with Gasteiger partial charge in [-0.25, -0.2) is 0 Å². The molecule has 0 saturated carbocycles. The van der Waals surface area contributed by atoms with E-state index >= 15 is 0 Å². The van der Waals surface area contributed by atoms with Crippen molar-refractivity contribution >= 4 is 5.69 Å². The van der Waals surface area contributed by atoms with Crippen LogP contribution in [-0.4, -0.2) is 34.3 Å². The minimum atomic E-state index is -4.35. The molecule has 5 nitrogen and oxygen atoms in total. The summed E-state index contributed by atoms with van der Waals surface area (Å²) in [6.07, 6.45) is -1.00. The maximum Gasteiger partial charge on any atom is 0.422 e. The monoisotopic (exact) mass is 315 g/mol. The lowest BCUT2D eigenvalue weighted by Gasteiger charge is -2.10. The Balaban J connectivity index is 1.89. The van der Waals surface area contributed by atoms with Gasteiger partial charge in [-0.15, -0.1) is 0 Å². The van der Waals surface area contributed by atoms with E-state index in [2.05, 4.69) is 10.4 Å². The first kappa shape index (κ1) is 16.2. The van der Waals surface area contributed by atoms with Crippen molar-refractivity contribution in [2.24, 2.45) is 0 Å². The molecular weight excluding hydrogens is 299 g/mol. The summed E-state index contributed by atoms with van der Waals surface area (Å²) in [5.74, 6) is 0.174. The standard InChI is InChI=1S/C14H16F3N3O2/c15-14(16,17)10-22-13-3-1-2-11(6-13)7-18-12-8-19-20(9-12)4-5-21/h1-3,6,8-9,18,21H,4-5,7,10H2. The molecule has 0 fully saturated rings. The summed E-state index contributed by atoms with van der Waals surface area (Å²) in [6.45, 7) is -0.478. The molecule has 0 aliphatic rings. The largest absolute Gasteiger partial charge is 0.484 e. The predicted molar refractivity (Wildman–Crippen MR) is 74.6 cm³/mol. The van der Waals surface area contributed by atoms with Gasteiger partial charge in [0.2, 0.25) is 0 Å². The number of nitrogens with zero attached hydrogens (tertiary/aromatic N) is 2. The number of benzene rings is 1. The number of hydrogen-bond acceptors (Lipinski definition) is 4. The van der Waals surface area contributed by atoms with Crippen LogP contribution in [-0.2, 0) is 13.1 Å². The Kier molecular flexibility index (Phi) is 5.26. The van der Waals surface area contributed by atoms with Crippen LogP contribution >= 0.6 is 0 Å². The first-order valence-corrected chi connectivity index (χ1v) is 6.62. The van der Waals surface area contributed by atoms with Crippen LogP contribution in [0.2, 0.25) is 0 Å². The molecule has 0 aliphatic heterocycles. The van der Waals surface area contributed by atoms with Crippen molar-refractivity contribution in [1.82, 2.24) is 9.78 Å². The number of aliphatic hydroxyl groups excluding tert-OH is 1. The van der Waals surface area contributed by atoms with Crippen LogP contribution in [0, 0.1) is 0 Å². The number of alkyl halides is 3. The third-order valence-corrected chi connectivity index (χ3v) is 2.76. The molecule has 0 unspecified atom stereocenters. The number of aliphatic hydroxyl groups is 1. The number of rotatable bonds is 7. The van der Waals surface area contributed by atoms with E-state index in [0.717, 1.165) is 11.3 Å². The summed E-state index contributed by atoms with van der Waals surface area (Å²) < 4.78 is 42.6. The van der Waals surface area contributed by atoms with Crippen molar-refractivity contribution in [2.75, 3.05) is 18.5 Å². The van der Waals surface area contributed by atoms with Crippen molar-refractivity contribution < 1.29 is 23.0 Å². The quantitative estimate of drug-likeness (QED) is 0.824. The van der Waals surface area contributed by atoms with E-state index in [1.807, 2.05) is 0 Å². The lowest BCUT2D eigenvalue weighted by molar-refractivity contribution is -0.153. The van der Waals surface area contributed by atoms with Gasteiger partial charge in [0.1, 0.15) is 5.75 Å². The van der Waals surface area contributed by atoms with Crippen LogP contribution in [0.15, 0.2) is 36.7 Å². The Morgan fingerprint density at radius 1 is 1.32 bits per heavy atom. The maximum atomic E-state index is 12.1. The van der Waals surface area contributed by atoms with Gasteiger partial charge in [-0.3, -0.25) is 4.68 Å². The highest BCUT2D eigenvalue weighted by Crippen LogP contribution is 2.20. The van der Waals surface area contributed by atoms with E-state index in [9.17, 15) is 13.2 Å². The summed E-state index contributed by atoms with van der Waals surface area (Å²) in [4.78, 5) is 0. The molecule has 2 N–H and O–H groups in total. The van der Waals surface area contributed by atoms with Crippen molar-refractivity contribution in [3.05, 3.63) is 42.2 Å². The van der Waals surface area contributed by atoms with E-state index in [4.69, 9.17) is 9.84 Å². The van der Waals surface area contributed by atoms with Gasteiger partial charge in [-0.1, -0.05) is 12.1 Å². The molecular formula is C14H16F3N3O2. The van der Waals surface area contributed by atoms with E-state index in [1.54, 1.807) is 35.3 Å². The summed E-state index contributed by atoms with van der Waals surface area (Å²) in [5, 5.41) is 15.9. The fraction of sp³-hybridized carbons (Fsp3) is 0.357. The molecule has 22 heavy (non-hydrogen) atoms. The Hall–Kier alpha value is -2.22. The summed E-state index contributed by atoms with van der Waals surface area (Å²) in [7, 11) is 0. The van der Waals surface area contributed by atoms with E-state index in [-0.39, 0.29) is 12.4 Å². The van der Waals surface area contributed by atoms with Crippen LogP contribution in [0.4, 0.5) is 18.9 Å². The van der Waals surface area contributed by atoms with E-state index < -0.39 is 12.8 Å². The first-order chi connectivity index (χ1) is 10.5. The van der Waals surface area contributed by atoms with Crippen LogP contribution in [0.1, 0.15) is 5.56 Å². The summed E-state index contributed by atoms with van der Waals surface area (Å²) >= 11 is 0. The number of anilines is 1. The Morgan fingerprint density at radius 2 is 2.14 bits per heavy atom. The number of nitrogens with one attached hydrogen (secondary N) is 1. The van der Waals surface area contributed by atoms with Crippen LogP contribution in [0.3, 0.4) is 0 Å². The van der Waals surface area contributed by atoms with Gasteiger partial charge < -0.3 is 15.2 Å². The molecule has 0 spiro atoms. The molecule has 0 saturated heterocycles. The van der Waals surface area contributed by atoms with Gasteiger partial charge in [0.15, 0.2) is 6.61 Å². The molecule has 0 aliphatic carbocycles. The van der Waals surface area contributed by atoms with E-state index in [1.165, 1.54) is 6.07 Å². The average molecular weight is 315 g/mol. The highest BCUT2D eigenvalue weighted by molar-refractivity contribution is 5.40. The Bertz CT molecular complexity index is 599. The number of hydrogen-bond donors (Lipinski definition) is 2. The molecule has 2 rings (SSSR count). The highest BCUT2D eigenvalue weighted by atomic mass is 19.4. The Labute approximate surface area is 125 Å². The minimum Gasteiger partial charge on any atom is -0.484 e. The second-order valence-corrected chi connectivity index (χ2v) is 4.62. The van der Waals surface area contributed by atoms with Crippen LogP contribution in [0.25, 0.3) is 0 Å². The van der Waals surface area contributed by atoms with Crippen molar-refractivity contribution in [1.29, 1.82) is 0 Å². The number of aromatic nitrogens is 2. The third-order valence-electron chi connectivity index (χ3n) is 2.76. The molecule has 1 aromatic heterocycles.